The Morgan fingerprint density at radius 3 is 1.87 bits per heavy atom. The predicted molar refractivity (Wildman–Crippen MR) is 205 cm³/mol. The topological polar surface area (TPSA) is 126 Å². The van der Waals surface area contributed by atoms with Crippen LogP contribution >= 0.6 is 6.89 Å². The van der Waals surface area contributed by atoms with Gasteiger partial charge in [-0.25, -0.2) is 4.79 Å². The van der Waals surface area contributed by atoms with Crippen LogP contribution in [-0.2, 0) is 14.3 Å². The van der Waals surface area contributed by atoms with Gasteiger partial charge < -0.3 is 20.1 Å². The fourth-order valence-electron chi connectivity index (χ4n) is 6.68. The number of ketones is 1. The number of aliphatic hydroxyl groups is 1. The van der Waals surface area contributed by atoms with Crippen molar-refractivity contribution in [3.63, 3.8) is 0 Å². The summed E-state index contributed by atoms with van der Waals surface area (Å²) in [6.07, 6.45) is 1.70. The van der Waals surface area contributed by atoms with Crippen molar-refractivity contribution in [1.29, 1.82) is 0 Å². The average molecular weight is 712 g/mol. The summed E-state index contributed by atoms with van der Waals surface area (Å²) in [7, 11) is 0. The first-order valence-electron chi connectivity index (χ1n) is 16.9. The number of amides is 2. The van der Waals surface area contributed by atoms with E-state index in [9.17, 15) is 24.3 Å². The van der Waals surface area contributed by atoms with Crippen molar-refractivity contribution >= 4 is 57.5 Å². The number of carbonyl (C=O) groups is 4. The number of nitrogens with zero attached hydrogens (tertiary/aromatic N) is 2. The average Bonchev–Trinajstić information content (AvgIpc) is 3.18. The van der Waals surface area contributed by atoms with Crippen LogP contribution in [0.1, 0.15) is 34.2 Å². The van der Waals surface area contributed by atoms with Crippen LogP contribution in [0.25, 0.3) is 0 Å². The van der Waals surface area contributed by atoms with Crippen LogP contribution in [0.4, 0.5) is 5.69 Å². The highest BCUT2D eigenvalue weighted by atomic mass is 31.2. The lowest BCUT2D eigenvalue weighted by Gasteiger charge is -2.50. The van der Waals surface area contributed by atoms with Gasteiger partial charge >= 0.3 is 5.97 Å². The molecule has 6 rings (SSSR count). The van der Waals surface area contributed by atoms with Gasteiger partial charge in [0.2, 0.25) is 5.91 Å². The molecule has 0 unspecified atom stereocenters. The van der Waals surface area contributed by atoms with E-state index >= 15 is 0 Å². The summed E-state index contributed by atoms with van der Waals surface area (Å²) in [6, 6.07) is 39.3. The van der Waals surface area contributed by atoms with Crippen molar-refractivity contribution in [3.05, 3.63) is 164 Å². The van der Waals surface area contributed by atoms with Crippen molar-refractivity contribution in [1.82, 2.24) is 9.88 Å². The van der Waals surface area contributed by atoms with E-state index in [1.165, 1.54) is 24.1 Å². The lowest BCUT2D eigenvalue weighted by atomic mass is 9.79. The lowest BCUT2D eigenvalue weighted by Crippen LogP contribution is -2.68. The fraction of sp³-hybridized carbons (Fsp3) is 0.143. The summed E-state index contributed by atoms with van der Waals surface area (Å²) in [5.41, 5.74) is 1.18. The third-order valence-electron chi connectivity index (χ3n) is 9.04. The molecule has 3 atom stereocenters. The van der Waals surface area contributed by atoms with Gasteiger partial charge in [-0.15, -0.1) is 0 Å². The van der Waals surface area contributed by atoms with Crippen molar-refractivity contribution in [2.24, 2.45) is 5.92 Å². The Kier molecular flexibility index (Phi) is 11.0. The quantitative estimate of drug-likeness (QED) is 0.0581. The second-order valence-corrected chi connectivity index (χ2v) is 15.6. The lowest BCUT2D eigenvalue weighted by molar-refractivity contribution is -0.157. The molecule has 4 aromatic carbocycles. The highest BCUT2D eigenvalue weighted by Gasteiger charge is 2.55. The third-order valence-corrected chi connectivity index (χ3v) is 13.3. The molecule has 1 aromatic heterocycles. The Balaban J connectivity index is 1.48. The molecular weight excluding hydrogens is 673 g/mol. The standard InChI is InChI=1S/C42H38N3O6P/c1-3-27-51-42(50)41(52(32-15-7-4-8-16-32,33-17-9-5-10-18-33)34-19-11-6-12-20-34)45-36(38(29(2)46)40(45)49)28-37(47)30-22-24-31(25-23-30)44-39(48)35-21-13-14-26-43-35/h3-26,29,36,38,46H,1,27-28H2,2H3,(H,44,48)/t29-,36-,38-/m1/s1. The number of β-lactam (4-membered cyclic amide) rings is 1. The molecule has 2 amide bonds. The molecule has 0 bridgehead atoms. The van der Waals surface area contributed by atoms with Crippen LogP contribution < -0.4 is 21.2 Å². The number of carbonyl (C=O) groups excluding carboxylic acids is 4. The first-order chi connectivity index (χ1) is 25.3. The maximum absolute atomic E-state index is 14.6. The molecule has 9 nitrogen and oxygen atoms in total. The molecule has 0 spiro atoms. The molecular formula is C42H38N3O6P. The van der Waals surface area contributed by atoms with E-state index < -0.39 is 42.7 Å². The minimum Gasteiger partial charge on any atom is -0.457 e. The van der Waals surface area contributed by atoms with Crippen LogP contribution in [0.2, 0.25) is 0 Å². The molecule has 0 radical (unpaired) electrons. The molecule has 1 aliphatic rings. The van der Waals surface area contributed by atoms with E-state index in [2.05, 4.69) is 16.9 Å². The first kappa shape index (κ1) is 35.9. The second kappa shape index (κ2) is 16.0. The van der Waals surface area contributed by atoms with Gasteiger partial charge in [0, 0.05) is 30.8 Å². The molecule has 0 saturated carbocycles. The zero-order valence-corrected chi connectivity index (χ0v) is 29.4. The second-order valence-electron chi connectivity index (χ2n) is 12.3. The van der Waals surface area contributed by atoms with Crippen LogP contribution in [-0.4, -0.2) is 62.7 Å². The summed E-state index contributed by atoms with van der Waals surface area (Å²) < 4.78 is 5.79. The smallest absolute Gasteiger partial charge is 0.356 e. The predicted octanol–water partition coefficient (Wildman–Crippen LogP) is 4.97. The number of esters is 1. The maximum atomic E-state index is 14.6. The molecule has 1 fully saturated rings. The van der Waals surface area contributed by atoms with Crippen LogP contribution in [0, 0.1) is 5.92 Å². The zero-order chi connectivity index (χ0) is 36.7. The van der Waals surface area contributed by atoms with Crippen molar-refractivity contribution in [3.8, 4) is 0 Å². The number of aliphatic hydroxyl groups excluding tert-OH is 1. The first-order valence-corrected chi connectivity index (χ1v) is 18.6. The van der Waals surface area contributed by atoms with E-state index in [-0.39, 0.29) is 29.9 Å². The third kappa shape index (κ3) is 7.01. The zero-order valence-electron chi connectivity index (χ0n) is 28.5. The Hall–Kier alpha value is -5.89. The van der Waals surface area contributed by atoms with Gasteiger partial charge in [-0.3, -0.25) is 19.4 Å². The van der Waals surface area contributed by atoms with E-state index in [4.69, 9.17) is 4.74 Å². The van der Waals surface area contributed by atoms with Gasteiger partial charge in [0.1, 0.15) is 17.7 Å². The number of Topliss-reactive ketones (excluding diaryl/α,β-unsaturated/α-hetero) is 1. The highest BCUT2D eigenvalue weighted by molar-refractivity contribution is 7.96. The molecule has 2 heterocycles. The fourth-order valence-corrected chi connectivity index (χ4v) is 11.1. The number of anilines is 1. The minimum absolute atomic E-state index is 0.102. The SMILES string of the molecule is C=CCOC(=O)C(N1C(=O)[C@H]([C@@H](C)O)[C@H]1CC(=O)c1ccc(NC(=O)c2ccccn2)cc1)=P(c1ccccc1)(c1ccccc1)c1ccccc1. The Morgan fingerprint density at radius 1 is 0.846 bits per heavy atom. The van der Waals surface area contributed by atoms with Gasteiger partial charge in [0.25, 0.3) is 5.91 Å². The molecule has 1 aliphatic heterocycles. The van der Waals surface area contributed by atoms with Gasteiger partial charge in [-0.05, 0) is 59.2 Å². The number of likely N-dealkylation sites (tertiary alicyclic amines) is 1. The van der Waals surface area contributed by atoms with Gasteiger partial charge in [-0.1, -0.05) is 110 Å². The van der Waals surface area contributed by atoms with Gasteiger partial charge in [0.15, 0.2) is 5.78 Å². The van der Waals surface area contributed by atoms with E-state index in [0.29, 0.717) is 11.3 Å². The largest absolute Gasteiger partial charge is 0.457 e. The number of aromatic nitrogens is 1. The molecule has 262 valence electrons. The van der Waals surface area contributed by atoms with Gasteiger partial charge in [0.05, 0.1) is 18.1 Å². The molecule has 1 saturated heterocycles. The molecule has 10 heteroatoms. The van der Waals surface area contributed by atoms with Crippen LogP contribution in [0.3, 0.4) is 0 Å². The maximum Gasteiger partial charge on any atom is 0.356 e. The molecule has 2 N–H and O–H groups in total. The Morgan fingerprint density at radius 2 is 1.38 bits per heavy atom. The monoisotopic (exact) mass is 711 g/mol. The molecule has 5 aromatic rings. The number of nitrogens with one attached hydrogen (secondary N) is 1. The van der Waals surface area contributed by atoms with Crippen molar-refractivity contribution in [2.45, 2.75) is 25.5 Å². The van der Waals surface area contributed by atoms with Gasteiger partial charge in [-0.2, -0.15) is 0 Å². The number of pyridine rings is 1. The summed E-state index contributed by atoms with van der Waals surface area (Å²) in [5, 5.41) is 16.1. The van der Waals surface area contributed by atoms with Crippen LogP contribution in [0.15, 0.2) is 152 Å². The Bertz CT molecular complexity index is 2020. The minimum atomic E-state index is -3.20. The Labute approximate surface area is 302 Å². The van der Waals surface area contributed by atoms with Crippen LogP contribution in [0.5, 0.6) is 0 Å². The van der Waals surface area contributed by atoms with E-state index in [0.717, 1.165) is 15.9 Å². The van der Waals surface area contributed by atoms with E-state index in [1.54, 1.807) is 42.5 Å². The number of benzene rings is 4. The summed E-state index contributed by atoms with van der Waals surface area (Å²) in [5.74, 6) is -2.84. The summed E-state index contributed by atoms with van der Waals surface area (Å²) in [6.45, 7) is 1.93. The number of hydrogen-bond donors (Lipinski definition) is 2. The molecule has 52 heavy (non-hydrogen) atoms. The highest BCUT2D eigenvalue weighted by Crippen LogP contribution is 2.50. The number of hydrogen-bond acceptors (Lipinski definition) is 7. The normalized spacial score (nSPS) is 15.9. The summed E-state index contributed by atoms with van der Waals surface area (Å²) >= 11 is 0. The number of ether oxygens (including phenoxy) is 1. The van der Waals surface area contributed by atoms with E-state index in [1.807, 2.05) is 91.0 Å². The van der Waals surface area contributed by atoms with Crippen molar-refractivity contribution in [2.75, 3.05) is 11.9 Å². The van der Waals surface area contributed by atoms with Crippen molar-refractivity contribution < 1.29 is 29.0 Å². The number of rotatable bonds is 13. The molecule has 0 aliphatic carbocycles. The summed E-state index contributed by atoms with van der Waals surface area (Å²) in [4.78, 5) is 61.0.